The molecule has 0 radical (unpaired) electrons. The second kappa shape index (κ2) is 11.7. The fourth-order valence-electron chi connectivity index (χ4n) is 3.12. The summed E-state index contributed by atoms with van der Waals surface area (Å²) in [6.07, 6.45) is 5.14. The summed E-state index contributed by atoms with van der Waals surface area (Å²) in [7, 11) is -1.35. The number of benzene rings is 2. The summed E-state index contributed by atoms with van der Waals surface area (Å²) in [5.74, 6) is 4.11. The number of rotatable bonds is 9. The van der Waals surface area contributed by atoms with Crippen molar-refractivity contribution in [3.63, 3.8) is 0 Å². The average molecular weight is 474 g/mol. The Bertz CT molecular complexity index is 1130. The van der Waals surface area contributed by atoms with Crippen molar-refractivity contribution >= 4 is 43.5 Å². The Morgan fingerprint density at radius 2 is 1.64 bits per heavy atom. The van der Waals surface area contributed by atoms with E-state index < -0.39 is 8.07 Å². The lowest BCUT2D eigenvalue weighted by Crippen LogP contribution is -2.27. The number of hydrogen-bond donors (Lipinski definition) is 0. The van der Waals surface area contributed by atoms with Crippen molar-refractivity contribution in [2.24, 2.45) is 0 Å². The Morgan fingerprint density at radius 3 is 2.27 bits per heavy atom. The van der Waals surface area contributed by atoms with Gasteiger partial charge in [-0.15, -0.1) is 16.9 Å². The molecule has 3 nitrogen and oxygen atoms in total. The predicted molar refractivity (Wildman–Crippen MR) is 145 cm³/mol. The third kappa shape index (κ3) is 8.09. The Kier molecular flexibility index (Phi) is 8.70. The van der Waals surface area contributed by atoms with Gasteiger partial charge in [-0.2, -0.15) is 0 Å². The molecule has 170 valence electrons. The minimum absolute atomic E-state index is 0.581. The molecule has 0 aliphatic rings. The second-order valence-electron chi connectivity index (χ2n) is 8.74. The van der Waals surface area contributed by atoms with Crippen LogP contribution in [0.1, 0.15) is 32.6 Å². The topological polar surface area (TPSA) is 29.5 Å². The van der Waals surface area contributed by atoms with Gasteiger partial charge >= 0.3 is 0 Å². The molecule has 0 atom stereocenters. The van der Waals surface area contributed by atoms with E-state index in [0.29, 0.717) is 12.2 Å². The molecule has 0 spiro atoms. The molecule has 3 aromatic rings. The van der Waals surface area contributed by atoms with Crippen LogP contribution >= 0.6 is 11.3 Å². The van der Waals surface area contributed by atoms with Crippen LogP contribution < -0.4 is 9.64 Å². The zero-order valence-electron chi connectivity index (χ0n) is 19.8. The minimum Gasteiger partial charge on any atom is -0.492 e. The Hall–Kier alpha value is -3.07. The maximum absolute atomic E-state index is 10.8. The van der Waals surface area contributed by atoms with Crippen molar-refractivity contribution in [3.05, 3.63) is 81.5 Å². The monoisotopic (exact) mass is 473 g/mol. The van der Waals surface area contributed by atoms with Gasteiger partial charge in [0.05, 0.1) is 11.4 Å². The number of aldehydes is 1. The van der Waals surface area contributed by atoms with Gasteiger partial charge in [-0.1, -0.05) is 43.8 Å². The lowest BCUT2D eigenvalue weighted by Gasteiger charge is -2.23. The number of ether oxygens (including phenoxy) is 1. The van der Waals surface area contributed by atoms with Gasteiger partial charge in [0.25, 0.3) is 0 Å². The molecule has 0 saturated carbocycles. The van der Waals surface area contributed by atoms with Crippen molar-refractivity contribution in [1.82, 2.24) is 0 Å². The minimum atomic E-state index is -1.35. The van der Waals surface area contributed by atoms with Crippen molar-refractivity contribution in [2.75, 3.05) is 24.6 Å². The van der Waals surface area contributed by atoms with Gasteiger partial charge in [0.1, 0.15) is 26.7 Å². The molecule has 5 heteroatoms. The quantitative estimate of drug-likeness (QED) is 0.193. The summed E-state index contributed by atoms with van der Waals surface area (Å²) in [5.41, 5.74) is 6.43. The van der Waals surface area contributed by atoms with Crippen LogP contribution in [0.25, 0.3) is 12.2 Å². The highest BCUT2D eigenvalue weighted by Gasteiger charge is 2.08. The molecule has 1 heterocycles. The Balaban J connectivity index is 1.54. The molecule has 0 aliphatic carbocycles. The van der Waals surface area contributed by atoms with E-state index in [9.17, 15) is 4.79 Å². The van der Waals surface area contributed by atoms with Crippen molar-refractivity contribution in [2.45, 2.75) is 26.6 Å². The summed E-state index contributed by atoms with van der Waals surface area (Å²) in [6, 6.07) is 20.0. The molecule has 2 aromatic carbocycles. The van der Waals surface area contributed by atoms with Gasteiger partial charge in [-0.3, -0.25) is 4.79 Å². The fourth-order valence-corrected chi connectivity index (χ4v) is 4.48. The normalized spacial score (nSPS) is 11.2. The number of nitrogens with zero attached hydrogens (tertiary/aromatic N) is 1. The molecule has 0 saturated heterocycles. The van der Waals surface area contributed by atoms with Crippen molar-refractivity contribution in [1.29, 1.82) is 0 Å². The molecular formula is C28H31NO2SSi. The predicted octanol–water partition coefficient (Wildman–Crippen LogP) is 6.87. The molecule has 1 aromatic heterocycles. The maximum atomic E-state index is 10.8. The highest BCUT2D eigenvalue weighted by molar-refractivity contribution is 7.13. The first-order chi connectivity index (χ1) is 15.9. The first-order valence-corrected chi connectivity index (χ1v) is 15.5. The zero-order valence-corrected chi connectivity index (χ0v) is 21.6. The van der Waals surface area contributed by atoms with Gasteiger partial charge in [-0.25, -0.2) is 0 Å². The Morgan fingerprint density at radius 1 is 0.939 bits per heavy atom. The van der Waals surface area contributed by atoms with E-state index in [1.54, 1.807) is 23.5 Å². The number of hydrogen-bond acceptors (Lipinski definition) is 4. The molecule has 0 unspecified atom stereocenters. The van der Waals surface area contributed by atoms with Crippen LogP contribution in [0.4, 0.5) is 5.69 Å². The van der Waals surface area contributed by atoms with Crippen LogP contribution in [0.3, 0.4) is 0 Å². The van der Waals surface area contributed by atoms with E-state index in [4.69, 9.17) is 4.74 Å². The third-order valence-electron chi connectivity index (χ3n) is 4.91. The van der Waals surface area contributed by atoms with Crippen LogP contribution in [0.2, 0.25) is 19.6 Å². The highest BCUT2D eigenvalue weighted by atomic mass is 32.1. The molecule has 0 fully saturated rings. The molecule has 0 aliphatic heterocycles. The first-order valence-electron chi connectivity index (χ1n) is 11.2. The second-order valence-corrected chi connectivity index (χ2v) is 14.6. The van der Waals surface area contributed by atoms with Gasteiger partial charge in [0, 0.05) is 22.7 Å². The van der Waals surface area contributed by atoms with E-state index in [1.807, 2.05) is 12.1 Å². The molecule has 3 rings (SSSR count). The molecule has 0 bridgehead atoms. The van der Waals surface area contributed by atoms with Gasteiger partial charge in [-0.05, 0) is 67.1 Å². The van der Waals surface area contributed by atoms with Gasteiger partial charge in [0.2, 0.25) is 0 Å². The summed E-state index contributed by atoms with van der Waals surface area (Å²) in [4.78, 5) is 15.4. The van der Waals surface area contributed by atoms with Crippen LogP contribution in [0, 0.1) is 11.5 Å². The van der Waals surface area contributed by atoms with Gasteiger partial charge < -0.3 is 9.64 Å². The lowest BCUT2D eigenvalue weighted by atomic mass is 10.1. The SMILES string of the molecule is CCN(CCOc1ccc(C=O)cc1)c1ccc(/C=C/c2ccc(C#C[Si](C)(C)C)s2)cc1. The standard InChI is InChI=1S/C28H31NO2SSi/c1-5-29(19-20-31-26-13-8-24(22-30)9-14-26)25-11-6-23(7-12-25)10-15-27-16-17-28(32-27)18-21-33(2,3)4/h6-17,22H,5,19-20H2,1-4H3/b15-10+. The summed E-state index contributed by atoms with van der Waals surface area (Å²) in [5, 5.41) is 0. The lowest BCUT2D eigenvalue weighted by molar-refractivity contribution is 0.112. The summed E-state index contributed by atoms with van der Waals surface area (Å²) in [6.45, 7) is 11.2. The van der Waals surface area contributed by atoms with E-state index in [-0.39, 0.29) is 0 Å². The van der Waals surface area contributed by atoms with E-state index >= 15 is 0 Å². The first kappa shape index (κ1) is 24.6. The molecular weight excluding hydrogens is 442 g/mol. The zero-order chi connectivity index (χ0) is 23.7. The number of carbonyl (C=O) groups is 1. The van der Waals surface area contributed by atoms with Crippen molar-refractivity contribution < 1.29 is 9.53 Å². The highest BCUT2D eigenvalue weighted by Crippen LogP contribution is 2.21. The molecule has 33 heavy (non-hydrogen) atoms. The largest absolute Gasteiger partial charge is 0.492 e. The van der Waals surface area contributed by atoms with Gasteiger partial charge in [0.15, 0.2) is 0 Å². The fraction of sp³-hybridized carbons (Fsp3) is 0.250. The Labute approximate surface area is 202 Å². The molecule has 0 amide bonds. The number of anilines is 1. The van der Waals surface area contributed by atoms with Crippen LogP contribution in [-0.2, 0) is 0 Å². The van der Waals surface area contributed by atoms with E-state index in [1.165, 1.54) is 16.1 Å². The number of thiophene rings is 1. The number of likely N-dealkylation sites (N-methyl/N-ethyl adjacent to an activating group) is 1. The van der Waals surface area contributed by atoms with Crippen LogP contribution in [0.15, 0.2) is 60.7 Å². The smallest absolute Gasteiger partial charge is 0.150 e. The number of carbonyl (C=O) groups excluding carboxylic acids is 1. The van der Waals surface area contributed by atoms with E-state index in [0.717, 1.165) is 30.0 Å². The summed E-state index contributed by atoms with van der Waals surface area (Å²) >= 11 is 1.74. The maximum Gasteiger partial charge on any atom is 0.150 e. The summed E-state index contributed by atoms with van der Waals surface area (Å²) < 4.78 is 5.83. The third-order valence-corrected chi connectivity index (χ3v) is 6.75. The molecule has 0 N–H and O–H groups in total. The van der Waals surface area contributed by atoms with Crippen LogP contribution in [-0.4, -0.2) is 34.1 Å². The van der Waals surface area contributed by atoms with Crippen LogP contribution in [0.5, 0.6) is 5.75 Å². The average Bonchev–Trinajstić information content (AvgIpc) is 3.28. The van der Waals surface area contributed by atoms with E-state index in [2.05, 4.69) is 91.5 Å². The van der Waals surface area contributed by atoms with Crippen molar-refractivity contribution in [3.8, 4) is 17.2 Å².